The van der Waals surface area contributed by atoms with E-state index in [1.807, 2.05) is 67.6 Å². The highest BCUT2D eigenvalue weighted by atomic mass is 35.5. The maximum absolute atomic E-state index is 13.9. The van der Waals surface area contributed by atoms with E-state index < -0.39 is 28.5 Å². The highest BCUT2D eigenvalue weighted by Gasteiger charge is 2.33. The number of carbonyl (C=O) groups excluding carboxylic acids is 2. The summed E-state index contributed by atoms with van der Waals surface area (Å²) in [6, 6.07) is 22.7. The fourth-order valence-corrected chi connectivity index (χ4v) is 5.25. The van der Waals surface area contributed by atoms with Crippen molar-refractivity contribution >= 4 is 39.1 Å². The van der Waals surface area contributed by atoms with Crippen LogP contribution in [0.1, 0.15) is 23.6 Å². The van der Waals surface area contributed by atoms with Crippen molar-refractivity contribution in [3.05, 3.63) is 101 Å². The second kappa shape index (κ2) is 12.7. The lowest BCUT2D eigenvalue weighted by Crippen LogP contribution is -2.53. The Labute approximate surface area is 224 Å². The lowest BCUT2D eigenvalue weighted by Gasteiger charge is -2.33. The van der Waals surface area contributed by atoms with Crippen LogP contribution < -0.4 is 9.62 Å². The number of rotatable bonds is 11. The summed E-state index contributed by atoms with van der Waals surface area (Å²) in [5.74, 6) is -0.792. The number of anilines is 1. The maximum atomic E-state index is 13.9. The Hall–Kier alpha value is -3.36. The number of halogens is 1. The molecule has 1 N–H and O–H groups in total. The summed E-state index contributed by atoms with van der Waals surface area (Å²) >= 11 is 6.08. The van der Waals surface area contributed by atoms with Gasteiger partial charge in [-0.2, -0.15) is 0 Å². The number of hydrogen-bond acceptors (Lipinski definition) is 4. The number of likely N-dealkylation sites (N-methyl/N-ethyl adjacent to an activating group) is 1. The van der Waals surface area contributed by atoms with Gasteiger partial charge in [-0.25, -0.2) is 8.42 Å². The van der Waals surface area contributed by atoms with Crippen molar-refractivity contribution in [1.82, 2.24) is 10.2 Å². The molecule has 3 aromatic rings. The van der Waals surface area contributed by atoms with Crippen LogP contribution in [-0.2, 0) is 32.6 Å². The van der Waals surface area contributed by atoms with E-state index in [0.717, 1.165) is 21.7 Å². The summed E-state index contributed by atoms with van der Waals surface area (Å²) in [4.78, 5) is 28.7. The molecule has 1 unspecified atom stereocenters. The number of nitrogens with one attached hydrogen (secondary N) is 1. The molecule has 2 amide bonds. The normalized spacial score (nSPS) is 12.0. The van der Waals surface area contributed by atoms with E-state index >= 15 is 0 Å². The molecule has 3 aromatic carbocycles. The summed E-state index contributed by atoms with van der Waals surface area (Å²) in [5, 5.41) is 3.30. The maximum Gasteiger partial charge on any atom is 0.244 e. The minimum Gasteiger partial charge on any atom is -0.355 e. The smallest absolute Gasteiger partial charge is 0.244 e. The lowest BCUT2D eigenvalue weighted by atomic mass is 10.0. The van der Waals surface area contributed by atoms with Gasteiger partial charge in [0.15, 0.2) is 0 Å². The molecule has 196 valence electrons. The van der Waals surface area contributed by atoms with Crippen molar-refractivity contribution in [3.8, 4) is 0 Å². The second-order valence-corrected chi connectivity index (χ2v) is 11.2. The number of sulfonamides is 1. The van der Waals surface area contributed by atoms with Crippen molar-refractivity contribution in [2.75, 3.05) is 23.7 Å². The first-order chi connectivity index (χ1) is 17.6. The van der Waals surface area contributed by atoms with Crippen molar-refractivity contribution in [3.63, 3.8) is 0 Å². The summed E-state index contributed by atoms with van der Waals surface area (Å²) in [5.41, 5.74) is 2.69. The SMILES string of the molecule is CCNC(=O)C(Cc1ccccc1)N(Cc1ccccc1)C(=O)CN(c1ccc(Cl)cc1C)S(C)(=O)=O. The van der Waals surface area contributed by atoms with Crippen molar-refractivity contribution < 1.29 is 18.0 Å². The molecular formula is C28H32ClN3O4S. The van der Waals surface area contributed by atoms with Gasteiger partial charge in [-0.1, -0.05) is 72.3 Å². The van der Waals surface area contributed by atoms with Gasteiger partial charge in [-0.05, 0) is 48.7 Å². The molecule has 0 aliphatic heterocycles. The van der Waals surface area contributed by atoms with E-state index in [-0.39, 0.29) is 18.9 Å². The van der Waals surface area contributed by atoms with Crippen LogP contribution in [0.15, 0.2) is 78.9 Å². The van der Waals surface area contributed by atoms with Gasteiger partial charge in [0, 0.05) is 24.5 Å². The molecule has 9 heteroatoms. The fraction of sp³-hybridized carbons (Fsp3) is 0.286. The van der Waals surface area contributed by atoms with Crippen LogP contribution in [0.4, 0.5) is 5.69 Å². The Bertz CT molecular complexity index is 1320. The molecule has 0 bridgehead atoms. The molecular weight excluding hydrogens is 510 g/mol. The van der Waals surface area contributed by atoms with E-state index in [0.29, 0.717) is 22.8 Å². The first kappa shape index (κ1) is 28.2. The molecule has 0 heterocycles. The zero-order valence-electron chi connectivity index (χ0n) is 21.2. The van der Waals surface area contributed by atoms with Gasteiger partial charge in [0.25, 0.3) is 0 Å². The molecule has 0 saturated heterocycles. The van der Waals surface area contributed by atoms with Crippen LogP contribution in [-0.4, -0.2) is 50.5 Å². The summed E-state index contributed by atoms with van der Waals surface area (Å²) in [6.07, 6.45) is 1.34. The standard InChI is InChI=1S/C28H32ClN3O4S/c1-4-30-28(34)26(18-22-11-7-5-8-12-22)31(19-23-13-9-6-10-14-23)27(33)20-32(37(3,35)36)25-16-15-24(29)17-21(25)2/h5-17,26H,4,18-20H2,1-3H3,(H,30,34). The second-order valence-electron chi connectivity index (χ2n) is 8.81. The summed E-state index contributed by atoms with van der Waals surface area (Å²) in [7, 11) is -3.83. The average molecular weight is 542 g/mol. The highest BCUT2D eigenvalue weighted by Crippen LogP contribution is 2.26. The number of aryl methyl sites for hydroxylation is 1. The van der Waals surface area contributed by atoms with Crippen molar-refractivity contribution in [1.29, 1.82) is 0 Å². The van der Waals surface area contributed by atoms with Gasteiger partial charge in [0.1, 0.15) is 12.6 Å². The van der Waals surface area contributed by atoms with Gasteiger partial charge in [0.05, 0.1) is 11.9 Å². The van der Waals surface area contributed by atoms with Crippen LogP contribution in [0.25, 0.3) is 0 Å². The summed E-state index contributed by atoms with van der Waals surface area (Å²) in [6.45, 7) is 3.63. The topological polar surface area (TPSA) is 86.8 Å². The monoisotopic (exact) mass is 541 g/mol. The first-order valence-electron chi connectivity index (χ1n) is 12.0. The van der Waals surface area contributed by atoms with Gasteiger partial charge in [-0.15, -0.1) is 0 Å². The molecule has 0 fully saturated rings. The Balaban J connectivity index is 2.04. The Morgan fingerprint density at radius 2 is 1.54 bits per heavy atom. The molecule has 37 heavy (non-hydrogen) atoms. The van der Waals surface area contributed by atoms with Crippen LogP contribution in [0.2, 0.25) is 5.02 Å². The minimum absolute atomic E-state index is 0.144. The van der Waals surface area contributed by atoms with E-state index in [1.54, 1.807) is 25.1 Å². The molecule has 7 nitrogen and oxygen atoms in total. The van der Waals surface area contributed by atoms with E-state index in [9.17, 15) is 18.0 Å². The molecule has 0 aliphatic rings. The number of hydrogen-bond donors (Lipinski definition) is 1. The van der Waals surface area contributed by atoms with E-state index in [1.165, 1.54) is 4.90 Å². The Morgan fingerprint density at radius 3 is 2.08 bits per heavy atom. The first-order valence-corrected chi connectivity index (χ1v) is 14.2. The van der Waals surface area contributed by atoms with E-state index in [2.05, 4.69) is 5.32 Å². The highest BCUT2D eigenvalue weighted by molar-refractivity contribution is 7.92. The zero-order chi connectivity index (χ0) is 27.0. The van der Waals surface area contributed by atoms with Gasteiger partial charge >= 0.3 is 0 Å². The third-order valence-corrected chi connectivity index (χ3v) is 7.29. The molecule has 3 rings (SSSR count). The minimum atomic E-state index is -3.83. The van der Waals surface area contributed by atoms with E-state index in [4.69, 9.17) is 11.6 Å². The fourth-order valence-electron chi connectivity index (χ4n) is 4.12. The quantitative estimate of drug-likeness (QED) is 0.394. The molecule has 0 aliphatic carbocycles. The predicted molar refractivity (Wildman–Crippen MR) is 148 cm³/mol. The average Bonchev–Trinajstić information content (AvgIpc) is 2.86. The number of amides is 2. The molecule has 0 aromatic heterocycles. The Kier molecular flexibility index (Phi) is 9.72. The largest absolute Gasteiger partial charge is 0.355 e. The van der Waals surface area contributed by atoms with Crippen molar-refractivity contribution in [2.45, 2.75) is 32.9 Å². The van der Waals surface area contributed by atoms with Crippen molar-refractivity contribution in [2.24, 2.45) is 0 Å². The van der Waals surface area contributed by atoms with Crippen LogP contribution in [0.3, 0.4) is 0 Å². The van der Waals surface area contributed by atoms with Gasteiger partial charge in [0.2, 0.25) is 21.8 Å². The van der Waals surface area contributed by atoms with Crippen LogP contribution >= 0.6 is 11.6 Å². The molecule has 0 radical (unpaired) electrons. The Morgan fingerprint density at radius 1 is 0.946 bits per heavy atom. The molecule has 1 atom stereocenters. The predicted octanol–water partition coefficient (Wildman–Crippen LogP) is 4.19. The van der Waals surface area contributed by atoms with Gasteiger partial charge < -0.3 is 10.2 Å². The number of carbonyl (C=O) groups is 2. The third-order valence-electron chi connectivity index (χ3n) is 5.92. The zero-order valence-corrected chi connectivity index (χ0v) is 22.8. The van der Waals surface area contributed by atoms with Crippen LogP contribution in [0, 0.1) is 6.92 Å². The molecule has 0 saturated carbocycles. The van der Waals surface area contributed by atoms with Crippen LogP contribution in [0.5, 0.6) is 0 Å². The summed E-state index contributed by atoms with van der Waals surface area (Å²) < 4.78 is 26.7. The molecule has 0 spiro atoms. The number of nitrogens with zero attached hydrogens (tertiary/aromatic N) is 2. The lowest BCUT2D eigenvalue weighted by molar-refractivity contribution is -0.140. The third kappa shape index (κ3) is 7.81. The number of benzene rings is 3. The van der Waals surface area contributed by atoms with Gasteiger partial charge in [-0.3, -0.25) is 13.9 Å².